The Balaban J connectivity index is 1.21. The number of amides is 3. The van der Waals surface area contributed by atoms with Gasteiger partial charge in [0.1, 0.15) is 22.6 Å². The number of hydrogen-bond acceptors (Lipinski definition) is 6. The maximum Gasteiger partial charge on any atom is 0.410 e. The molecule has 0 saturated carbocycles. The highest BCUT2D eigenvalue weighted by molar-refractivity contribution is 6.02. The zero-order valence-corrected chi connectivity index (χ0v) is 23.8. The van der Waals surface area contributed by atoms with Crippen LogP contribution in [-0.2, 0) is 21.4 Å². The lowest BCUT2D eigenvalue weighted by atomic mass is 9.82. The third-order valence-corrected chi connectivity index (χ3v) is 8.46. The Kier molecular flexibility index (Phi) is 7.76. The molecule has 9 nitrogen and oxygen atoms in total. The van der Waals surface area contributed by atoms with Gasteiger partial charge in [-0.1, -0.05) is 0 Å². The fourth-order valence-corrected chi connectivity index (χ4v) is 6.42. The quantitative estimate of drug-likeness (QED) is 0.549. The monoisotopic (exact) mass is 559 g/mol. The van der Waals surface area contributed by atoms with Crippen LogP contribution in [0.15, 0.2) is 6.07 Å². The second-order valence-corrected chi connectivity index (χ2v) is 12.5. The number of halogens is 2. The number of likely N-dealkylation sites (tertiary alicyclic amines) is 1. The third kappa shape index (κ3) is 5.78. The largest absolute Gasteiger partial charge is 0.444 e. The number of aryl methyl sites for hydroxylation is 1. The number of nitrogens with one attached hydrogen (secondary N) is 1. The van der Waals surface area contributed by atoms with Crippen molar-refractivity contribution in [2.24, 2.45) is 18.9 Å². The van der Waals surface area contributed by atoms with Crippen LogP contribution < -0.4 is 10.2 Å². The van der Waals surface area contributed by atoms with E-state index in [1.165, 1.54) is 10.7 Å². The summed E-state index contributed by atoms with van der Waals surface area (Å²) in [6.07, 6.45) is 4.79. The molecule has 0 bridgehead atoms. The van der Waals surface area contributed by atoms with Crippen LogP contribution in [0.2, 0.25) is 0 Å². The molecule has 1 aromatic carbocycles. The van der Waals surface area contributed by atoms with Gasteiger partial charge in [-0.2, -0.15) is 5.10 Å². The predicted octanol–water partition coefficient (Wildman–Crippen LogP) is 4.63. The first kappa shape index (κ1) is 28.3. The average Bonchev–Trinajstić information content (AvgIpc) is 3.20. The molecule has 3 amide bonds. The molecular formula is C29H39F2N5O4. The molecule has 5 rings (SSSR count). The zero-order valence-electron chi connectivity index (χ0n) is 23.8. The van der Waals surface area contributed by atoms with E-state index in [2.05, 4.69) is 10.4 Å². The first-order chi connectivity index (χ1) is 18.9. The van der Waals surface area contributed by atoms with E-state index >= 15 is 8.78 Å². The van der Waals surface area contributed by atoms with Gasteiger partial charge in [-0.15, -0.1) is 0 Å². The second kappa shape index (κ2) is 11.0. The average molecular weight is 560 g/mol. The van der Waals surface area contributed by atoms with Gasteiger partial charge in [0.05, 0.1) is 11.6 Å². The smallest absolute Gasteiger partial charge is 0.410 e. The number of carbonyl (C=O) groups is 3. The first-order valence-corrected chi connectivity index (χ1v) is 14.3. The van der Waals surface area contributed by atoms with Gasteiger partial charge in [0, 0.05) is 45.0 Å². The van der Waals surface area contributed by atoms with Gasteiger partial charge in [-0.05, 0) is 77.2 Å². The first-order valence-electron chi connectivity index (χ1n) is 14.3. The van der Waals surface area contributed by atoms with Gasteiger partial charge in [-0.25, -0.2) is 13.6 Å². The fourth-order valence-electron chi connectivity index (χ4n) is 6.42. The lowest BCUT2D eigenvalue weighted by molar-refractivity contribution is -0.134. The normalized spacial score (nSPS) is 21.7. The van der Waals surface area contributed by atoms with Crippen LogP contribution in [0, 0.1) is 23.5 Å². The molecule has 0 aliphatic carbocycles. The van der Waals surface area contributed by atoms with E-state index in [0.29, 0.717) is 43.7 Å². The maximum atomic E-state index is 15.9. The number of aromatic nitrogens is 2. The molecule has 11 heteroatoms. The minimum Gasteiger partial charge on any atom is -0.444 e. The molecule has 218 valence electrons. The van der Waals surface area contributed by atoms with E-state index in [0.717, 1.165) is 32.1 Å². The van der Waals surface area contributed by atoms with Crippen LogP contribution in [0.25, 0.3) is 10.9 Å². The highest BCUT2D eigenvalue weighted by atomic mass is 19.1. The predicted molar refractivity (Wildman–Crippen MR) is 146 cm³/mol. The van der Waals surface area contributed by atoms with Crippen molar-refractivity contribution in [2.75, 3.05) is 31.1 Å². The molecule has 1 aromatic heterocycles. The van der Waals surface area contributed by atoms with Crippen LogP contribution >= 0.6 is 0 Å². The van der Waals surface area contributed by atoms with Crippen LogP contribution in [0.5, 0.6) is 0 Å². The van der Waals surface area contributed by atoms with Crippen molar-refractivity contribution in [1.82, 2.24) is 20.0 Å². The maximum absolute atomic E-state index is 15.9. The Morgan fingerprint density at radius 3 is 2.27 bits per heavy atom. The summed E-state index contributed by atoms with van der Waals surface area (Å²) in [5, 5.41) is 6.94. The summed E-state index contributed by atoms with van der Waals surface area (Å²) < 4.78 is 38.1. The van der Waals surface area contributed by atoms with Crippen molar-refractivity contribution in [2.45, 2.75) is 77.2 Å². The summed E-state index contributed by atoms with van der Waals surface area (Å²) in [6, 6.07) is 1.28. The number of piperidine rings is 3. The lowest BCUT2D eigenvalue weighted by Gasteiger charge is -2.38. The number of benzene rings is 1. The molecule has 40 heavy (non-hydrogen) atoms. The van der Waals surface area contributed by atoms with Crippen molar-refractivity contribution >= 4 is 34.5 Å². The van der Waals surface area contributed by atoms with Crippen LogP contribution in [-0.4, -0.2) is 64.4 Å². The summed E-state index contributed by atoms with van der Waals surface area (Å²) >= 11 is 0. The summed E-state index contributed by atoms with van der Waals surface area (Å²) in [4.78, 5) is 39.9. The van der Waals surface area contributed by atoms with Gasteiger partial charge in [0.15, 0.2) is 5.82 Å². The molecule has 4 heterocycles. The highest BCUT2D eigenvalue weighted by Gasteiger charge is 2.35. The molecule has 1 atom stereocenters. The molecular weight excluding hydrogens is 520 g/mol. The van der Waals surface area contributed by atoms with Gasteiger partial charge in [0.2, 0.25) is 11.8 Å². The summed E-state index contributed by atoms with van der Waals surface area (Å²) in [5.41, 5.74) is -0.0921. The summed E-state index contributed by atoms with van der Waals surface area (Å²) in [6.45, 7) is 8.11. The number of ether oxygens (including phenoxy) is 1. The number of rotatable bonds is 4. The van der Waals surface area contributed by atoms with Gasteiger partial charge < -0.3 is 14.5 Å². The van der Waals surface area contributed by atoms with E-state index in [9.17, 15) is 14.4 Å². The Morgan fingerprint density at radius 1 is 1.05 bits per heavy atom. The van der Waals surface area contributed by atoms with Crippen molar-refractivity contribution in [3.05, 3.63) is 23.4 Å². The molecule has 1 N–H and O–H groups in total. The highest BCUT2D eigenvalue weighted by Crippen LogP contribution is 2.38. The van der Waals surface area contributed by atoms with Crippen LogP contribution in [0.1, 0.15) is 77.3 Å². The molecule has 3 saturated heterocycles. The number of carbonyl (C=O) groups excluding carboxylic acids is 3. The zero-order chi connectivity index (χ0) is 28.8. The van der Waals surface area contributed by atoms with Crippen molar-refractivity contribution < 1.29 is 27.9 Å². The number of anilines is 1. The minimum absolute atomic E-state index is 0.0468. The second-order valence-electron chi connectivity index (χ2n) is 12.5. The SMILES string of the molecule is Cn1nc(C2CCC(=O)NC2=O)c2cc(F)c(N3CCC(CC4CCN(C(=O)OC(C)(C)C)CC4)CC3)c(F)c21. The van der Waals surface area contributed by atoms with E-state index < -0.39 is 29.1 Å². The van der Waals surface area contributed by atoms with Gasteiger partial charge in [0.25, 0.3) is 0 Å². The van der Waals surface area contributed by atoms with Crippen molar-refractivity contribution in [3.63, 3.8) is 0 Å². The number of fused-ring (bicyclic) bond motifs is 1. The molecule has 0 radical (unpaired) electrons. The van der Waals surface area contributed by atoms with E-state index in [-0.39, 0.29) is 41.4 Å². The van der Waals surface area contributed by atoms with Gasteiger partial charge >= 0.3 is 6.09 Å². The van der Waals surface area contributed by atoms with E-state index in [4.69, 9.17) is 4.74 Å². The standard InChI is InChI=1S/C29H39F2N5O4/c1-29(2,3)40-28(39)36-13-9-18(10-14-36)15-17-7-11-35(12-8-17)26-21(30)16-20-24(33-34(4)25(20)23(26)31)19-5-6-22(37)32-27(19)38/h16-19H,5-15H2,1-4H3,(H,32,37,38). The lowest BCUT2D eigenvalue weighted by Crippen LogP contribution is -2.42. The Morgan fingerprint density at radius 2 is 1.68 bits per heavy atom. The molecule has 3 fully saturated rings. The number of imide groups is 1. The number of hydrogen-bond donors (Lipinski definition) is 1. The molecule has 3 aliphatic rings. The third-order valence-electron chi connectivity index (χ3n) is 8.46. The molecule has 2 aromatic rings. The number of nitrogens with zero attached hydrogens (tertiary/aromatic N) is 4. The van der Waals surface area contributed by atoms with Crippen LogP contribution in [0.3, 0.4) is 0 Å². The Bertz CT molecular complexity index is 1300. The fraction of sp³-hybridized carbons (Fsp3) is 0.655. The Hall–Kier alpha value is -3.24. The molecule has 3 aliphatic heterocycles. The summed E-state index contributed by atoms with van der Waals surface area (Å²) in [7, 11) is 1.59. The van der Waals surface area contributed by atoms with E-state index in [1.807, 2.05) is 20.8 Å². The van der Waals surface area contributed by atoms with Crippen molar-refractivity contribution in [1.29, 1.82) is 0 Å². The van der Waals surface area contributed by atoms with Gasteiger partial charge in [-0.3, -0.25) is 19.6 Å². The summed E-state index contributed by atoms with van der Waals surface area (Å²) in [5.74, 6) is -1.90. The van der Waals surface area contributed by atoms with E-state index in [1.54, 1.807) is 16.8 Å². The Labute approximate surface area is 233 Å². The molecule has 1 unspecified atom stereocenters. The van der Waals surface area contributed by atoms with Crippen LogP contribution in [0.4, 0.5) is 19.3 Å². The topological polar surface area (TPSA) is 96.8 Å². The minimum atomic E-state index is -0.724. The molecule has 0 spiro atoms. The van der Waals surface area contributed by atoms with Crippen molar-refractivity contribution in [3.8, 4) is 0 Å².